The molecule has 1 aromatic rings. The smallest absolute Gasteiger partial charge is 0.283 e. The summed E-state index contributed by atoms with van der Waals surface area (Å²) < 4.78 is 1.20. The van der Waals surface area contributed by atoms with Gasteiger partial charge in [-0.05, 0) is 20.8 Å². The van der Waals surface area contributed by atoms with Crippen LogP contribution in [-0.4, -0.2) is 29.2 Å². The molecule has 0 fully saturated rings. The van der Waals surface area contributed by atoms with E-state index in [1.165, 1.54) is 36.2 Å². The van der Waals surface area contributed by atoms with Gasteiger partial charge in [0.1, 0.15) is 6.54 Å². The van der Waals surface area contributed by atoms with Crippen LogP contribution in [0, 0.1) is 11.5 Å². The molecule has 0 aliphatic carbocycles. The minimum atomic E-state index is 0.750. The number of hydrogen-bond donors (Lipinski definition) is 1. The molecular formula is C14H23N2O+. The number of benzene rings is 1. The summed E-state index contributed by atoms with van der Waals surface area (Å²) in [6.45, 7) is 11.7. The van der Waals surface area contributed by atoms with E-state index in [9.17, 15) is 0 Å². The summed E-state index contributed by atoms with van der Waals surface area (Å²) in [5.74, 6) is 0. The maximum Gasteiger partial charge on any atom is 0.283 e. The lowest BCUT2D eigenvalue weighted by atomic mass is 10.2. The van der Waals surface area contributed by atoms with Gasteiger partial charge in [0, 0.05) is 5.56 Å². The molecule has 0 aliphatic heterocycles. The van der Waals surface area contributed by atoms with Crippen LogP contribution >= 0.6 is 0 Å². The second-order valence-electron chi connectivity index (χ2n) is 4.03. The highest BCUT2D eigenvalue weighted by Crippen LogP contribution is 2.13. The largest absolute Gasteiger partial charge is 0.443 e. The Labute approximate surface area is 105 Å². The molecule has 3 heteroatoms. The van der Waals surface area contributed by atoms with Gasteiger partial charge in [-0.15, -0.1) is 0 Å². The van der Waals surface area contributed by atoms with Crippen molar-refractivity contribution in [3.8, 4) is 6.26 Å². The van der Waals surface area contributed by atoms with E-state index in [0.717, 1.165) is 6.26 Å². The van der Waals surface area contributed by atoms with Crippen molar-refractivity contribution in [1.82, 2.24) is 0 Å². The zero-order chi connectivity index (χ0) is 13.1. The SMILES string of the molecule is CC[N+](CC)(CC)Cc1ccccc1.N#CO. The zero-order valence-electron chi connectivity index (χ0n) is 11.1. The lowest BCUT2D eigenvalue weighted by molar-refractivity contribution is -0.936. The Kier molecular flexibility index (Phi) is 7.83. The Morgan fingerprint density at radius 1 is 1.06 bits per heavy atom. The molecule has 0 unspecified atom stereocenters. The van der Waals surface area contributed by atoms with Crippen LogP contribution in [0.15, 0.2) is 30.3 Å². The van der Waals surface area contributed by atoms with Crippen LogP contribution in [0.3, 0.4) is 0 Å². The van der Waals surface area contributed by atoms with Gasteiger partial charge in [0.15, 0.2) is 0 Å². The maximum atomic E-state index is 6.88. The molecule has 0 atom stereocenters. The average Bonchev–Trinajstić information content (AvgIpc) is 2.38. The quantitative estimate of drug-likeness (QED) is 0.630. The Morgan fingerprint density at radius 3 is 1.82 bits per heavy atom. The predicted octanol–water partition coefficient (Wildman–Crippen LogP) is 2.90. The third-order valence-corrected chi connectivity index (χ3v) is 3.37. The minimum absolute atomic E-state index is 0.750. The topological polar surface area (TPSA) is 44.0 Å². The van der Waals surface area contributed by atoms with E-state index in [-0.39, 0.29) is 0 Å². The minimum Gasteiger partial charge on any atom is -0.443 e. The van der Waals surface area contributed by atoms with Crippen LogP contribution < -0.4 is 0 Å². The van der Waals surface area contributed by atoms with E-state index < -0.39 is 0 Å². The van der Waals surface area contributed by atoms with Crippen LogP contribution in [0.4, 0.5) is 0 Å². The highest BCUT2D eigenvalue weighted by Gasteiger charge is 2.20. The fourth-order valence-electron chi connectivity index (χ4n) is 1.98. The lowest BCUT2D eigenvalue weighted by Gasteiger charge is -2.35. The summed E-state index contributed by atoms with van der Waals surface area (Å²) in [4.78, 5) is 0. The van der Waals surface area contributed by atoms with Gasteiger partial charge < -0.3 is 9.59 Å². The maximum absolute atomic E-state index is 6.88. The van der Waals surface area contributed by atoms with Crippen molar-refractivity contribution in [3.05, 3.63) is 35.9 Å². The van der Waals surface area contributed by atoms with E-state index >= 15 is 0 Å². The summed E-state index contributed by atoms with van der Waals surface area (Å²) in [6, 6.07) is 10.8. The first kappa shape index (κ1) is 15.5. The van der Waals surface area contributed by atoms with Crippen LogP contribution in [-0.2, 0) is 6.54 Å². The van der Waals surface area contributed by atoms with Crippen molar-refractivity contribution >= 4 is 0 Å². The van der Waals surface area contributed by atoms with E-state index in [1.54, 1.807) is 0 Å². The third-order valence-electron chi connectivity index (χ3n) is 3.37. The average molecular weight is 235 g/mol. The molecule has 0 heterocycles. The summed E-state index contributed by atoms with van der Waals surface area (Å²) in [7, 11) is 0. The molecular weight excluding hydrogens is 212 g/mol. The normalized spacial score (nSPS) is 10.0. The number of aliphatic hydroxyl groups is 1. The first-order valence-electron chi connectivity index (χ1n) is 6.10. The van der Waals surface area contributed by atoms with Gasteiger partial charge >= 0.3 is 0 Å². The molecule has 0 radical (unpaired) electrons. The van der Waals surface area contributed by atoms with Crippen molar-refractivity contribution in [2.75, 3.05) is 19.6 Å². The standard InChI is InChI=1S/C13H22N.CHNO/c1-4-14(5-2,6-3)12-13-10-8-7-9-11-13;2-1-3/h7-11H,4-6,12H2,1-3H3;3H/q+1;. The molecule has 0 spiro atoms. The molecule has 0 bridgehead atoms. The number of nitriles is 1. The fourth-order valence-corrected chi connectivity index (χ4v) is 1.98. The highest BCUT2D eigenvalue weighted by molar-refractivity contribution is 5.13. The molecule has 0 saturated carbocycles. The number of nitrogens with zero attached hydrogens (tertiary/aromatic N) is 2. The summed E-state index contributed by atoms with van der Waals surface area (Å²) in [6.07, 6.45) is 0.750. The Morgan fingerprint density at radius 2 is 1.47 bits per heavy atom. The fraction of sp³-hybridized carbons (Fsp3) is 0.500. The van der Waals surface area contributed by atoms with Gasteiger partial charge in [-0.2, -0.15) is 5.26 Å². The zero-order valence-corrected chi connectivity index (χ0v) is 11.1. The number of quaternary nitrogens is 1. The molecule has 3 nitrogen and oxygen atoms in total. The van der Waals surface area contributed by atoms with E-state index in [0.29, 0.717) is 0 Å². The first-order valence-corrected chi connectivity index (χ1v) is 6.10. The molecule has 17 heavy (non-hydrogen) atoms. The molecule has 0 saturated heterocycles. The van der Waals surface area contributed by atoms with Crippen LogP contribution in [0.2, 0.25) is 0 Å². The van der Waals surface area contributed by atoms with E-state index in [1.807, 2.05) is 0 Å². The first-order chi connectivity index (χ1) is 8.17. The van der Waals surface area contributed by atoms with Gasteiger partial charge in [-0.3, -0.25) is 0 Å². The monoisotopic (exact) mass is 235 g/mol. The molecule has 1 N–H and O–H groups in total. The van der Waals surface area contributed by atoms with Gasteiger partial charge in [-0.25, -0.2) is 0 Å². The van der Waals surface area contributed by atoms with E-state index in [2.05, 4.69) is 51.1 Å². The molecule has 1 aromatic carbocycles. The van der Waals surface area contributed by atoms with Crippen LogP contribution in [0.25, 0.3) is 0 Å². The highest BCUT2D eigenvalue weighted by atomic mass is 16.2. The van der Waals surface area contributed by atoms with E-state index in [4.69, 9.17) is 10.4 Å². The Balaban J connectivity index is 0.000000770. The Bertz CT molecular complexity index is 318. The molecule has 1 rings (SSSR count). The molecule has 0 aliphatic rings. The van der Waals surface area contributed by atoms with Gasteiger partial charge in [0.2, 0.25) is 0 Å². The molecule has 94 valence electrons. The van der Waals surface area contributed by atoms with Crippen molar-refractivity contribution < 1.29 is 9.59 Å². The Hall–Kier alpha value is -1.53. The summed E-state index contributed by atoms with van der Waals surface area (Å²) in [5, 5.41) is 13.8. The van der Waals surface area contributed by atoms with Crippen molar-refractivity contribution in [3.63, 3.8) is 0 Å². The van der Waals surface area contributed by atoms with Crippen molar-refractivity contribution in [2.45, 2.75) is 27.3 Å². The van der Waals surface area contributed by atoms with Gasteiger partial charge in [-0.1, -0.05) is 30.3 Å². The van der Waals surface area contributed by atoms with Crippen molar-refractivity contribution in [2.24, 2.45) is 0 Å². The van der Waals surface area contributed by atoms with Crippen LogP contribution in [0.5, 0.6) is 0 Å². The lowest BCUT2D eigenvalue weighted by Crippen LogP contribution is -2.46. The summed E-state index contributed by atoms with van der Waals surface area (Å²) in [5.41, 5.74) is 1.46. The van der Waals surface area contributed by atoms with Crippen LogP contribution in [0.1, 0.15) is 26.3 Å². The van der Waals surface area contributed by atoms with Crippen molar-refractivity contribution in [1.29, 1.82) is 5.26 Å². The third kappa shape index (κ3) is 5.37. The molecule has 0 amide bonds. The predicted molar refractivity (Wildman–Crippen MR) is 69.6 cm³/mol. The number of hydrogen-bond acceptors (Lipinski definition) is 2. The molecule has 0 aromatic heterocycles. The second kappa shape index (κ2) is 8.60. The van der Waals surface area contributed by atoms with Gasteiger partial charge in [0.25, 0.3) is 6.26 Å². The number of rotatable bonds is 5. The second-order valence-corrected chi connectivity index (χ2v) is 4.03. The summed E-state index contributed by atoms with van der Waals surface area (Å²) >= 11 is 0. The van der Waals surface area contributed by atoms with Gasteiger partial charge in [0.05, 0.1) is 19.6 Å². The number of aliphatic hydroxyl groups excluding tert-OH is 1.